The maximum atomic E-state index is 12.5. The minimum absolute atomic E-state index is 0.000789. The Hall–Kier alpha value is -2.87. The second-order valence-corrected chi connectivity index (χ2v) is 6.89. The molecule has 8 heteroatoms. The summed E-state index contributed by atoms with van der Waals surface area (Å²) in [6, 6.07) is 6.38. The lowest BCUT2D eigenvalue weighted by Crippen LogP contribution is -2.44. The standard InChI is InChI=1S/C21H27NO7/c1-5-27-11-15-14-8-6-7-9-17(14)29-19(15)21(25)28-12-18(23)22-16(10-13(2)3)20(24)26-4/h6-9,13,16H,5,10-12H2,1-4H3,(H,22,23)/t16-/m0/s1. The van der Waals surface area contributed by atoms with Crippen molar-refractivity contribution in [2.24, 2.45) is 5.92 Å². The molecule has 0 radical (unpaired) electrons. The molecule has 2 aromatic rings. The lowest BCUT2D eigenvalue weighted by molar-refractivity contribution is -0.145. The fourth-order valence-corrected chi connectivity index (χ4v) is 2.87. The van der Waals surface area contributed by atoms with Crippen LogP contribution in [0, 0.1) is 5.92 Å². The molecule has 0 aliphatic heterocycles. The molecular weight excluding hydrogens is 378 g/mol. The van der Waals surface area contributed by atoms with Gasteiger partial charge in [0.25, 0.3) is 5.91 Å². The van der Waals surface area contributed by atoms with Crippen LogP contribution in [-0.2, 0) is 30.4 Å². The van der Waals surface area contributed by atoms with Gasteiger partial charge < -0.3 is 23.9 Å². The summed E-state index contributed by atoms with van der Waals surface area (Å²) in [4.78, 5) is 36.5. The van der Waals surface area contributed by atoms with Crippen LogP contribution in [0.25, 0.3) is 11.0 Å². The number of esters is 2. The summed E-state index contributed by atoms with van der Waals surface area (Å²) >= 11 is 0. The number of furan rings is 1. The van der Waals surface area contributed by atoms with Crippen molar-refractivity contribution in [3.8, 4) is 0 Å². The van der Waals surface area contributed by atoms with E-state index in [0.717, 1.165) is 5.39 Å². The SMILES string of the molecule is CCOCc1c(C(=O)OCC(=O)N[C@@H](CC(C)C)C(=O)OC)oc2ccccc12. The number of rotatable bonds is 10. The monoisotopic (exact) mass is 405 g/mol. The van der Waals surface area contributed by atoms with Crippen molar-refractivity contribution in [1.29, 1.82) is 0 Å². The molecule has 1 heterocycles. The minimum Gasteiger partial charge on any atom is -0.467 e. The van der Waals surface area contributed by atoms with Crippen LogP contribution < -0.4 is 5.32 Å². The van der Waals surface area contributed by atoms with Crippen LogP contribution in [0.4, 0.5) is 0 Å². The zero-order chi connectivity index (χ0) is 21.4. The molecule has 0 saturated carbocycles. The third-order valence-corrected chi connectivity index (χ3v) is 4.20. The molecule has 1 atom stereocenters. The molecule has 0 spiro atoms. The Morgan fingerprint density at radius 1 is 1.17 bits per heavy atom. The molecule has 1 amide bonds. The number of amides is 1. The number of ether oxygens (including phenoxy) is 3. The minimum atomic E-state index is -0.800. The summed E-state index contributed by atoms with van der Waals surface area (Å²) < 4.78 is 20.9. The van der Waals surface area contributed by atoms with E-state index in [-0.39, 0.29) is 18.3 Å². The fraction of sp³-hybridized carbons (Fsp3) is 0.476. The highest BCUT2D eigenvalue weighted by molar-refractivity contribution is 5.97. The number of para-hydroxylation sites is 1. The van der Waals surface area contributed by atoms with Crippen molar-refractivity contribution in [1.82, 2.24) is 5.32 Å². The molecule has 1 aromatic carbocycles. The van der Waals surface area contributed by atoms with Gasteiger partial charge in [0.2, 0.25) is 5.76 Å². The molecular formula is C21H27NO7. The van der Waals surface area contributed by atoms with E-state index >= 15 is 0 Å². The molecule has 0 aliphatic carbocycles. The maximum absolute atomic E-state index is 12.5. The van der Waals surface area contributed by atoms with Crippen LogP contribution >= 0.6 is 0 Å². The predicted molar refractivity (Wildman–Crippen MR) is 105 cm³/mol. The van der Waals surface area contributed by atoms with Crippen LogP contribution in [0.3, 0.4) is 0 Å². The van der Waals surface area contributed by atoms with Crippen LogP contribution in [0.1, 0.15) is 43.3 Å². The Kier molecular flexibility index (Phi) is 8.21. The second-order valence-electron chi connectivity index (χ2n) is 6.89. The van der Waals surface area contributed by atoms with Crippen molar-refractivity contribution >= 4 is 28.8 Å². The summed E-state index contributed by atoms with van der Waals surface area (Å²) in [5.74, 6) is -1.76. The summed E-state index contributed by atoms with van der Waals surface area (Å²) in [5.41, 5.74) is 1.10. The molecule has 0 fully saturated rings. The predicted octanol–water partition coefficient (Wildman–Crippen LogP) is 2.83. The lowest BCUT2D eigenvalue weighted by Gasteiger charge is -2.18. The van der Waals surface area contributed by atoms with Crippen molar-refractivity contribution in [3.63, 3.8) is 0 Å². The van der Waals surface area contributed by atoms with E-state index in [1.165, 1.54) is 7.11 Å². The zero-order valence-electron chi connectivity index (χ0n) is 17.2. The van der Waals surface area contributed by atoms with Gasteiger partial charge in [-0.3, -0.25) is 4.79 Å². The first-order chi connectivity index (χ1) is 13.9. The van der Waals surface area contributed by atoms with Gasteiger partial charge in [0.1, 0.15) is 11.6 Å². The summed E-state index contributed by atoms with van der Waals surface area (Å²) in [5, 5.41) is 3.29. The number of nitrogens with one attached hydrogen (secondary N) is 1. The molecule has 8 nitrogen and oxygen atoms in total. The molecule has 1 aromatic heterocycles. The first-order valence-electron chi connectivity index (χ1n) is 9.49. The summed E-state index contributed by atoms with van der Waals surface area (Å²) in [6.45, 7) is 5.80. The smallest absolute Gasteiger partial charge is 0.375 e. The fourth-order valence-electron chi connectivity index (χ4n) is 2.87. The highest BCUT2D eigenvalue weighted by Crippen LogP contribution is 2.27. The van der Waals surface area contributed by atoms with Gasteiger partial charge >= 0.3 is 11.9 Å². The van der Waals surface area contributed by atoms with E-state index in [1.807, 2.05) is 32.9 Å². The Balaban J connectivity index is 2.06. The average molecular weight is 405 g/mol. The van der Waals surface area contributed by atoms with Gasteiger partial charge in [-0.1, -0.05) is 32.0 Å². The van der Waals surface area contributed by atoms with Gasteiger partial charge in [-0.25, -0.2) is 9.59 Å². The topological polar surface area (TPSA) is 104 Å². The molecule has 1 N–H and O–H groups in total. The third-order valence-electron chi connectivity index (χ3n) is 4.20. The van der Waals surface area contributed by atoms with Gasteiger partial charge in [-0.15, -0.1) is 0 Å². The zero-order valence-corrected chi connectivity index (χ0v) is 17.2. The number of carbonyl (C=O) groups excluding carboxylic acids is 3. The maximum Gasteiger partial charge on any atom is 0.375 e. The number of carbonyl (C=O) groups is 3. The molecule has 158 valence electrons. The number of benzene rings is 1. The number of methoxy groups -OCH3 is 1. The highest BCUT2D eigenvalue weighted by Gasteiger charge is 2.25. The van der Waals surface area contributed by atoms with Crippen LogP contribution in [0.2, 0.25) is 0 Å². The van der Waals surface area contributed by atoms with E-state index in [4.69, 9.17) is 18.6 Å². The van der Waals surface area contributed by atoms with Gasteiger partial charge in [0.05, 0.1) is 13.7 Å². The van der Waals surface area contributed by atoms with E-state index in [0.29, 0.717) is 24.2 Å². The quantitative estimate of drug-likeness (QED) is 0.606. The number of hydrogen-bond acceptors (Lipinski definition) is 7. The van der Waals surface area contributed by atoms with Gasteiger partial charge in [-0.2, -0.15) is 0 Å². The third kappa shape index (κ3) is 6.05. The molecule has 0 saturated heterocycles. The average Bonchev–Trinajstić information content (AvgIpc) is 3.07. The van der Waals surface area contributed by atoms with Crippen LogP contribution in [0.15, 0.2) is 28.7 Å². The van der Waals surface area contributed by atoms with Crippen molar-refractivity contribution in [2.45, 2.75) is 39.8 Å². The largest absolute Gasteiger partial charge is 0.467 e. The first kappa shape index (κ1) is 22.4. The Labute approximate surface area is 169 Å². The lowest BCUT2D eigenvalue weighted by atomic mass is 10.0. The molecule has 0 bridgehead atoms. The molecule has 2 rings (SSSR count). The van der Waals surface area contributed by atoms with Crippen LogP contribution in [0.5, 0.6) is 0 Å². The Morgan fingerprint density at radius 3 is 2.55 bits per heavy atom. The van der Waals surface area contributed by atoms with Crippen molar-refractivity contribution < 1.29 is 33.0 Å². The molecule has 0 unspecified atom stereocenters. The van der Waals surface area contributed by atoms with Gasteiger partial charge in [-0.05, 0) is 25.3 Å². The summed E-state index contributed by atoms with van der Waals surface area (Å²) in [6.07, 6.45) is 0.411. The number of hydrogen-bond donors (Lipinski definition) is 1. The van der Waals surface area contributed by atoms with E-state index in [1.54, 1.807) is 12.1 Å². The first-order valence-corrected chi connectivity index (χ1v) is 9.49. The van der Waals surface area contributed by atoms with Crippen LogP contribution in [-0.4, -0.2) is 44.2 Å². The Morgan fingerprint density at radius 2 is 1.90 bits per heavy atom. The highest BCUT2D eigenvalue weighted by atomic mass is 16.6. The number of fused-ring (bicyclic) bond motifs is 1. The van der Waals surface area contributed by atoms with Crippen molar-refractivity contribution in [3.05, 3.63) is 35.6 Å². The van der Waals surface area contributed by atoms with Gasteiger partial charge in [0, 0.05) is 17.6 Å². The second kappa shape index (κ2) is 10.6. The van der Waals surface area contributed by atoms with E-state index in [2.05, 4.69) is 5.32 Å². The van der Waals surface area contributed by atoms with Gasteiger partial charge in [0.15, 0.2) is 6.61 Å². The molecule has 29 heavy (non-hydrogen) atoms. The molecule has 0 aliphatic rings. The summed E-state index contributed by atoms with van der Waals surface area (Å²) in [7, 11) is 1.25. The normalized spacial score (nSPS) is 12.0. The van der Waals surface area contributed by atoms with E-state index in [9.17, 15) is 14.4 Å². The Bertz CT molecular complexity index is 856. The van der Waals surface area contributed by atoms with Crippen molar-refractivity contribution in [2.75, 3.05) is 20.3 Å². The van der Waals surface area contributed by atoms with E-state index < -0.39 is 30.5 Å².